The summed E-state index contributed by atoms with van der Waals surface area (Å²) in [4.78, 5) is 0. The van der Waals surface area contributed by atoms with E-state index < -0.39 is 11.2 Å². The third-order valence-electron chi connectivity index (χ3n) is 7.55. The molecule has 1 spiro atoms. The minimum Gasteiger partial charge on any atom is -0.393 e. The second kappa shape index (κ2) is 5.06. The van der Waals surface area contributed by atoms with E-state index in [1.54, 1.807) is 0 Å². The van der Waals surface area contributed by atoms with E-state index in [0.717, 1.165) is 44.9 Å². The molecule has 0 radical (unpaired) electrons. The summed E-state index contributed by atoms with van der Waals surface area (Å²) in [6.07, 6.45) is 7.08. The van der Waals surface area contributed by atoms with Gasteiger partial charge in [-0.15, -0.1) is 0 Å². The lowest BCUT2D eigenvalue weighted by Gasteiger charge is -2.37. The van der Waals surface area contributed by atoms with E-state index in [1.165, 1.54) is 5.57 Å². The van der Waals surface area contributed by atoms with E-state index in [-0.39, 0.29) is 35.7 Å². The molecule has 4 fully saturated rings. The first-order chi connectivity index (χ1) is 11.2. The van der Waals surface area contributed by atoms with Gasteiger partial charge in [-0.2, -0.15) is 0 Å². The lowest BCUT2D eigenvalue weighted by Crippen LogP contribution is -2.46. The molecule has 0 aromatic heterocycles. The molecule has 2 N–H and O–H groups in total. The molecule has 0 bridgehead atoms. The van der Waals surface area contributed by atoms with Crippen LogP contribution >= 0.6 is 0 Å². The van der Waals surface area contributed by atoms with Crippen molar-refractivity contribution >= 4 is 0 Å². The van der Waals surface area contributed by atoms with Gasteiger partial charge in [0.25, 0.3) is 0 Å². The van der Waals surface area contributed by atoms with Crippen LogP contribution in [-0.2, 0) is 9.47 Å². The van der Waals surface area contributed by atoms with Gasteiger partial charge in [0.1, 0.15) is 11.2 Å². The quantitative estimate of drug-likeness (QED) is 0.601. The van der Waals surface area contributed by atoms with Gasteiger partial charge in [0.15, 0.2) is 0 Å². The molecule has 2 heterocycles. The van der Waals surface area contributed by atoms with Gasteiger partial charge < -0.3 is 19.7 Å². The van der Waals surface area contributed by atoms with Crippen molar-refractivity contribution in [2.75, 3.05) is 6.61 Å². The van der Waals surface area contributed by atoms with Crippen molar-refractivity contribution in [3.05, 3.63) is 12.2 Å². The number of allylic oxidation sites excluding steroid dienone is 1. The molecule has 0 unspecified atom stereocenters. The molecular formula is C20H32O4. The molecule has 0 aromatic carbocycles. The van der Waals surface area contributed by atoms with Gasteiger partial charge in [0.2, 0.25) is 0 Å². The zero-order valence-electron chi connectivity index (χ0n) is 15.3. The summed E-state index contributed by atoms with van der Waals surface area (Å²) in [5.41, 5.74) is -0.100. The van der Waals surface area contributed by atoms with Crippen molar-refractivity contribution in [1.29, 1.82) is 0 Å². The molecule has 4 nitrogen and oxygen atoms in total. The predicted molar refractivity (Wildman–Crippen MR) is 91.6 cm³/mol. The standard InChI is InChI=1S/C20H32O4/c1-13-5-6-15-19(12-21,23-15)11-16-20(24-16)14(17(2,3)22)8-10-18(20,4)9-7-13/h14-16,21-22H,1,5-12H2,2-4H3/t14-,15-,16+,18+,19-,20-/m0/s1. The van der Waals surface area contributed by atoms with E-state index in [0.29, 0.717) is 0 Å². The van der Waals surface area contributed by atoms with Crippen LogP contribution in [0.5, 0.6) is 0 Å². The number of aliphatic hydroxyl groups is 2. The molecule has 6 atom stereocenters. The molecule has 4 aliphatic rings. The molecule has 4 rings (SSSR count). The van der Waals surface area contributed by atoms with Crippen LogP contribution in [0.15, 0.2) is 12.2 Å². The first kappa shape index (κ1) is 17.0. The Bertz CT molecular complexity index is 552. The number of fused-ring (bicyclic) bond motifs is 1. The highest BCUT2D eigenvalue weighted by Gasteiger charge is 2.77. The fourth-order valence-electron chi connectivity index (χ4n) is 5.90. The van der Waals surface area contributed by atoms with Gasteiger partial charge in [0.05, 0.1) is 24.4 Å². The van der Waals surface area contributed by atoms with Crippen molar-refractivity contribution in [2.45, 2.75) is 94.7 Å². The van der Waals surface area contributed by atoms with E-state index in [9.17, 15) is 10.2 Å². The van der Waals surface area contributed by atoms with Crippen molar-refractivity contribution in [3.63, 3.8) is 0 Å². The maximum absolute atomic E-state index is 10.8. The molecule has 4 heteroatoms. The summed E-state index contributed by atoms with van der Waals surface area (Å²) in [6.45, 7) is 10.5. The molecule has 2 aliphatic carbocycles. The Morgan fingerprint density at radius 3 is 2.58 bits per heavy atom. The highest BCUT2D eigenvalue weighted by molar-refractivity contribution is 5.25. The Labute approximate surface area is 145 Å². The van der Waals surface area contributed by atoms with Gasteiger partial charge in [0, 0.05) is 12.3 Å². The highest BCUT2D eigenvalue weighted by atomic mass is 16.6. The predicted octanol–water partition coefficient (Wildman–Crippen LogP) is 2.96. The topological polar surface area (TPSA) is 65.5 Å². The first-order valence-electron chi connectivity index (χ1n) is 9.52. The second-order valence-corrected chi connectivity index (χ2v) is 9.53. The average molecular weight is 336 g/mol. The lowest BCUT2D eigenvalue weighted by molar-refractivity contribution is -0.0299. The molecule has 2 saturated carbocycles. The summed E-state index contributed by atoms with van der Waals surface area (Å²) in [6, 6.07) is 0. The molecular weight excluding hydrogens is 304 g/mol. The number of rotatable bonds is 2. The van der Waals surface area contributed by atoms with Crippen LogP contribution in [0, 0.1) is 11.3 Å². The highest BCUT2D eigenvalue weighted by Crippen LogP contribution is 2.69. The summed E-state index contributed by atoms with van der Waals surface area (Å²) >= 11 is 0. The van der Waals surface area contributed by atoms with E-state index in [1.807, 2.05) is 13.8 Å². The van der Waals surface area contributed by atoms with E-state index >= 15 is 0 Å². The Morgan fingerprint density at radius 2 is 1.92 bits per heavy atom. The van der Waals surface area contributed by atoms with Crippen LogP contribution in [0.1, 0.15) is 65.7 Å². The molecule has 2 aliphatic heterocycles. The Kier molecular flexibility index (Phi) is 3.59. The van der Waals surface area contributed by atoms with Crippen LogP contribution in [0.4, 0.5) is 0 Å². The zero-order valence-corrected chi connectivity index (χ0v) is 15.3. The number of hydrogen-bond acceptors (Lipinski definition) is 4. The van der Waals surface area contributed by atoms with Crippen LogP contribution in [0.3, 0.4) is 0 Å². The number of hydrogen-bond donors (Lipinski definition) is 2. The Balaban J connectivity index is 1.68. The zero-order chi connectivity index (χ0) is 17.4. The van der Waals surface area contributed by atoms with Crippen LogP contribution in [-0.4, -0.2) is 45.8 Å². The van der Waals surface area contributed by atoms with Gasteiger partial charge in [-0.05, 0) is 57.8 Å². The minimum atomic E-state index is -0.750. The number of epoxide rings is 2. The summed E-state index contributed by atoms with van der Waals surface area (Å²) < 4.78 is 12.4. The van der Waals surface area contributed by atoms with Gasteiger partial charge in [-0.1, -0.05) is 19.1 Å². The lowest BCUT2D eigenvalue weighted by atomic mass is 9.67. The molecule has 2 saturated heterocycles. The van der Waals surface area contributed by atoms with Gasteiger partial charge >= 0.3 is 0 Å². The van der Waals surface area contributed by atoms with Crippen molar-refractivity contribution in [1.82, 2.24) is 0 Å². The van der Waals surface area contributed by atoms with Crippen molar-refractivity contribution < 1.29 is 19.7 Å². The molecule has 136 valence electrons. The van der Waals surface area contributed by atoms with Crippen molar-refractivity contribution in [2.24, 2.45) is 11.3 Å². The van der Waals surface area contributed by atoms with Gasteiger partial charge in [-0.25, -0.2) is 0 Å². The third kappa shape index (κ3) is 2.26. The van der Waals surface area contributed by atoms with E-state index in [4.69, 9.17) is 9.47 Å². The van der Waals surface area contributed by atoms with Gasteiger partial charge in [-0.3, -0.25) is 0 Å². The summed E-state index contributed by atoms with van der Waals surface area (Å²) in [5, 5.41) is 20.7. The Morgan fingerprint density at radius 1 is 1.17 bits per heavy atom. The van der Waals surface area contributed by atoms with Crippen LogP contribution in [0.2, 0.25) is 0 Å². The van der Waals surface area contributed by atoms with Crippen LogP contribution in [0.25, 0.3) is 0 Å². The normalized spacial score (nSPS) is 51.2. The summed E-state index contributed by atoms with van der Waals surface area (Å²) in [5.74, 6) is 0.141. The van der Waals surface area contributed by atoms with Crippen molar-refractivity contribution in [3.8, 4) is 0 Å². The van der Waals surface area contributed by atoms with E-state index in [2.05, 4.69) is 13.5 Å². The Hall–Kier alpha value is -0.420. The monoisotopic (exact) mass is 336 g/mol. The molecule has 0 amide bonds. The summed E-state index contributed by atoms with van der Waals surface area (Å²) in [7, 11) is 0. The first-order valence-corrected chi connectivity index (χ1v) is 9.52. The smallest absolute Gasteiger partial charge is 0.120 e. The minimum absolute atomic E-state index is 0.0595. The SMILES string of the molecule is C=C1CC[C@@H]2O[C@]2(CO)C[C@H]2O[C@@]23[C@H](C(C)(C)O)CC[C@@]3(C)CC1. The maximum Gasteiger partial charge on any atom is 0.120 e. The van der Waals surface area contributed by atoms with Crippen LogP contribution < -0.4 is 0 Å². The fraction of sp³-hybridized carbons (Fsp3) is 0.900. The molecule has 0 aromatic rings. The maximum atomic E-state index is 10.8. The largest absolute Gasteiger partial charge is 0.393 e. The average Bonchev–Trinajstić information content (AvgIpc) is 3.35. The number of aliphatic hydroxyl groups excluding tert-OH is 1. The third-order valence-corrected chi connectivity index (χ3v) is 7.55. The second-order valence-electron chi connectivity index (χ2n) is 9.53. The number of ether oxygens (including phenoxy) is 2. The molecule has 24 heavy (non-hydrogen) atoms. The fourth-order valence-corrected chi connectivity index (χ4v) is 5.90.